The minimum atomic E-state index is -0.386. The van der Waals surface area contributed by atoms with Crippen molar-refractivity contribution in [2.24, 2.45) is 0 Å². The van der Waals surface area contributed by atoms with Gasteiger partial charge in [0.2, 0.25) is 0 Å². The van der Waals surface area contributed by atoms with Gasteiger partial charge >= 0.3 is 0 Å². The molecule has 0 radical (unpaired) electrons. The van der Waals surface area contributed by atoms with E-state index in [-0.39, 0.29) is 17.6 Å². The lowest BCUT2D eigenvalue weighted by molar-refractivity contribution is -0.121. The van der Waals surface area contributed by atoms with Crippen LogP contribution in [0.4, 0.5) is 5.69 Å². The van der Waals surface area contributed by atoms with Crippen LogP contribution in [0.2, 0.25) is 5.02 Å². The van der Waals surface area contributed by atoms with E-state index in [1.54, 1.807) is 62.9 Å². The van der Waals surface area contributed by atoms with Gasteiger partial charge in [0.25, 0.3) is 5.91 Å². The molecular formula is C27H24ClN3O5S. The van der Waals surface area contributed by atoms with Crippen LogP contribution in [-0.4, -0.2) is 36.8 Å². The number of aromatic nitrogens is 1. The van der Waals surface area contributed by atoms with Crippen LogP contribution in [0.1, 0.15) is 5.56 Å². The molecule has 2 N–H and O–H groups in total. The Balaban J connectivity index is 1.40. The fourth-order valence-corrected chi connectivity index (χ4v) is 3.95. The lowest BCUT2D eigenvalue weighted by Crippen LogP contribution is -2.37. The first-order valence-corrected chi connectivity index (χ1v) is 11.9. The van der Waals surface area contributed by atoms with E-state index >= 15 is 0 Å². The summed E-state index contributed by atoms with van der Waals surface area (Å²) in [5, 5.41) is 6.71. The molecular weight excluding hydrogens is 514 g/mol. The van der Waals surface area contributed by atoms with Crippen molar-refractivity contribution < 1.29 is 23.7 Å². The zero-order valence-electron chi connectivity index (χ0n) is 20.3. The smallest absolute Gasteiger partial charge is 0.264 e. The zero-order valence-corrected chi connectivity index (χ0v) is 21.9. The third kappa shape index (κ3) is 6.38. The standard InChI is InChI=1S/C27H24ClN3O5S/c1-16-6-4-5-7-21(16)35-15-26(32)31-27(37)30-17-8-9-23(19(28)12-17)36-22-10-11-29-20-14-25(34-3)24(33-2)13-18(20)22/h4-14H,15H2,1-3H3,(H2,30,31,32,37). The molecule has 10 heteroatoms. The number of para-hydroxylation sites is 1. The number of nitrogens with zero attached hydrogens (tertiary/aromatic N) is 1. The van der Waals surface area contributed by atoms with E-state index in [2.05, 4.69) is 15.6 Å². The lowest BCUT2D eigenvalue weighted by Gasteiger charge is -2.14. The SMILES string of the molecule is COc1cc2nccc(Oc3ccc(NC(=S)NC(=O)COc4ccccc4C)cc3Cl)c2cc1OC. The van der Waals surface area contributed by atoms with E-state index in [1.807, 2.05) is 25.1 Å². The summed E-state index contributed by atoms with van der Waals surface area (Å²) in [7, 11) is 3.13. The monoisotopic (exact) mass is 537 g/mol. The topological polar surface area (TPSA) is 90.9 Å². The fraction of sp³-hybridized carbons (Fsp3) is 0.148. The van der Waals surface area contributed by atoms with E-state index in [9.17, 15) is 4.79 Å². The summed E-state index contributed by atoms with van der Waals surface area (Å²) in [4.78, 5) is 16.6. The average Bonchev–Trinajstić information content (AvgIpc) is 2.89. The molecule has 4 rings (SSSR count). The highest BCUT2D eigenvalue weighted by Crippen LogP contribution is 2.38. The van der Waals surface area contributed by atoms with Crippen LogP contribution >= 0.6 is 23.8 Å². The van der Waals surface area contributed by atoms with E-state index in [1.165, 1.54) is 0 Å². The Morgan fingerprint density at radius 1 is 0.946 bits per heavy atom. The highest BCUT2D eigenvalue weighted by atomic mass is 35.5. The summed E-state index contributed by atoms with van der Waals surface area (Å²) < 4.78 is 22.4. The summed E-state index contributed by atoms with van der Waals surface area (Å²) >= 11 is 11.7. The van der Waals surface area contributed by atoms with E-state index in [0.29, 0.717) is 45.0 Å². The molecule has 0 saturated heterocycles. The maximum Gasteiger partial charge on any atom is 0.264 e. The number of rotatable bonds is 8. The van der Waals surface area contributed by atoms with Crippen molar-refractivity contribution in [1.29, 1.82) is 0 Å². The number of halogens is 1. The van der Waals surface area contributed by atoms with Crippen LogP contribution < -0.4 is 29.6 Å². The number of fused-ring (bicyclic) bond motifs is 1. The largest absolute Gasteiger partial charge is 0.493 e. The number of thiocarbonyl (C=S) groups is 1. The maximum atomic E-state index is 12.2. The molecule has 1 aromatic heterocycles. The average molecular weight is 538 g/mol. The summed E-state index contributed by atoms with van der Waals surface area (Å²) in [5.74, 6) is 2.35. The summed E-state index contributed by atoms with van der Waals surface area (Å²) in [6.45, 7) is 1.73. The van der Waals surface area contributed by atoms with Crippen LogP contribution in [0.3, 0.4) is 0 Å². The van der Waals surface area contributed by atoms with Crippen LogP contribution in [0.5, 0.6) is 28.7 Å². The molecule has 0 unspecified atom stereocenters. The Labute approximate surface area is 224 Å². The number of pyridine rings is 1. The third-order valence-electron chi connectivity index (χ3n) is 5.32. The number of hydrogen-bond acceptors (Lipinski definition) is 7. The van der Waals surface area contributed by atoms with Gasteiger partial charge in [-0.05, 0) is 61.1 Å². The molecule has 3 aromatic carbocycles. The van der Waals surface area contributed by atoms with Gasteiger partial charge in [-0.15, -0.1) is 0 Å². The molecule has 4 aromatic rings. The van der Waals surface area contributed by atoms with Gasteiger partial charge in [0.1, 0.15) is 17.2 Å². The van der Waals surface area contributed by atoms with E-state index in [4.69, 9.17) is 42.8 Å². The van der Waals surface area contributed by atoms with Crippen molar-refractivity contribution in [2.75, 3.05) is 26.1 Å². The quantitative estimate of drug-likeness (QED) is 0.269. The molecule has 0 fully saturated rings. The molecule has 0 spiro atoms. The van der Waals surface area contributed by atoms with Crippen LogP contribution in [0, 0.1) is 6.92 Å². The van der Waals surface area contributed by atoms with Gasteiger partial charge in [-0.25, -0.2) is 0 Å². The minimum absolute atomic E-state index is 0.115. The first-order valence-electron chi connectivity index (χ1n) is 11.2. The van der Waals surface area contributed by atoms with Crippen molar-refractivity contribution in [3.05, 3.63) is 77.4 Å². The predicted octanol–water partition coefficient (Wildman–Crippen LogP) is 5.90. The molecule has 0 bridgehead atoms. The summed E-state index contributed by atoms with van der Waals surface area (Å²) in [6, 6.07) is 17.8. The minimum Gasteiger partial charge on any atom is -0.493 e. The van der Waals surface area contributed by atoms with Gasteiger partial charge in [0.15, 0.2) is 23.2 Å². The molecule has 0 saturated carbocycles. The Morgan fingerprint density at radius 3 is 2.43 bits per heavy atom. The van der Waals surface area contributed by atoms with Crippen molar-refractivity contribution >= 4 is 51.4 Å². The van der Waals surface area contributed by atoms with Crippen molar-refractivity contribution in [3.8, 4) is 28.7 Å². The number of benzene rings is 3. The molecule has 190 valence electrons. The normalized spacial score (nSPS) is 10.5. The second-order valence-electron chi connectivity index (χ2n) is 7.84. The van der Waals surface area contributed by atoms with Crippen molar-refractivity contribution in [1.82, 2.24) is 10.3 Å². The number of aryl methyl sites for hydroxylation is 1. The number of amides is 1. The number of methoxy groups -OCH3 is 2. The van der Waals surface area contributed by atoms with Gasteiger partial charge in [-0.2, -0.15) is 0 Å². The van der Waals surface area contributed by atoms with Gasteiger partial charge in [0.05, 0.1) is 24.8 Å². The number of ether oxygens (including phenoxy) is 4. The lowest BCUT2D eigenvalue weighted by atomic mass is 10.2. The molecule has 0 atom stereocenters. The zero-order chi connectivity index (χ0) is 26.4. The molecule has 0 aliphatic heterocycles. The van der Waals surface area contributed by atoms with Crippen LogP contribution in [0.15, 0.2) is 66.9 Å². The van der Waals surface area contributed by atoms with Gasteiger partial charge in [0, 0.05) is 23.3 Å². The first kappa shape index (κ1) is 26.0. The van der Waals surface area contributed by atoms with E-state index < -0.39 is 0 Å². The molecule has 8 nitrogen and oxygen atoms in total. The Kier molecular flexibility index (Phi) is 8.27. The van der Waals surface area contributed by atoms with Gasteiger partial charge < -0.3 is 24.3 Å². The third-order valence-corrected chi connectivity index (χ3v) is 5.82. The van der Waals surface area contributed by atoms with Crippen LogP contribution in [0.25, 0.3) is 10.9 Å². The Morgan fingerprint density at radius 2 is 1.70 bits per heavy atom. The molecule has 0 aliphatic carbocycles. The predicted molar refractivity (Wildman–Crippen MR) is 147 cm³/mol. The summed E-state index contributed by atoms with van der Waals surface area (Å²) in [6.07, 6.45) is 1.64. The summed E-state index contributed by atoms with van der Waals surface area (Å²) in [5.41, 5.74) is 2.19. The number of anilines is 1. The first-order chi connectivity index (χ1) is 17.9. The molecule has 37 heavy (non-hydrogen) atoms. The number of carbonyl (C=O) groups excluding carboxylic acids is 1. The van der Waals surface area contributed by atoms with Crippen molar-refractivity contribution in [2.45, 2.75) is 6.92 Å². The number of hydrogen-bond donors (Lipinski definition) is 2. The molecule has 1 heterocycles. The second kappa shape index (κ2) is 11.8. The van der Waals surface area contributed by atoms with Gasteiger partial charge in [-0.1, -0.05) is 29.8 Å². The highest BCUT2D eigenvalue weighted by molar-refractivity contribution is 7.80. The number of carbonyl (C=O) groups is 1. The highest BCUT2D eigenvalue weighted by Gasteiger charge is 2.13. The Hall–Kier alpha value is -4.08. The van der Waals surface area contributed by atoms with Gasteiger partial charge in [-0.3, -0.25) is 15.1 Å². The van der Waals surface area contributed by atoms with Crippen molar-refractivity contribution in [3.63, 3.8) is 0 Å². The molecule has 0 aliphatic rings. The van der Waals surface area contributed by atoms with E-state index in [0.717, 1.165) is 10.9 Å². The molecule has 1 amide bonds. The van der Waals surface area contributed by atoms with Crippen LogP contribution in [-0.2, 0) is 4.79 Å². The Bertz CT molecular complexity index is 1460. The maximum absolute atomic E-state index is 12.2. The number of nitrogens with one attached hydrogen (secondary N) is 2. The second-order valence-corrected chi connectivity index (χ2v) is 8.65. The fourth-order valence-electron chi connectivity index (χ4n) is 3.50.